The molecule has 0 bridgehead atoms. The lowest BCUT2D eigenvalue weighted by molar-refractivity contribution is -0.153. The average molecular weight is 541 g/mol. The third kappa shape index (κ3) is 4.64. The fraction of sp³-hybridized carbons (Fsp3) is 0.172. The highest BCUT2D eigenvalue weighted by molar-refractivity contribution is 8.00. The minimum atomic E-state index is -0.624. The van der Waals surface area contributed by atoms with Crippen LogP contribution in [0.3, 0.4) is 0 Å². The smallest absolute Gasteiger partial charge is 0.356 e. The number of esters is 1. The van der Waals surface area contributed by atoms with Gasteiger partial charge in [-0.25, -0.2) is 9.78 Å². The largest absolute Gasteiger partial charge is 0.448 e. The van der Waals surface area contributed by atoms with Crippen molar-refractivity contribution in [2.45, 2.75) is 23.9 Å². The van der Waals surface area contributed by atoms with Crippen LogP contribution in [-0.4, -0.2) is 43.9 Å². The fourth-order valence-corrected chi connectivity index (χ4v) is 6.80. The third-order valence-electron chi connectivity index (χ3n) is 6.58. The highest BCUT2D eigenvalue weighted by atomic mass is 32.2. The fourth-order valence-electron chi connectivity index (χ4n) is 4.69. The van der Waals surface area contributed by atoms with Gasteiger partial charge in [-0.2, -0.15) is 0 Å². The summed E-state index contributed by atoms with van der Waals surface area (Å²) in [7, 11) is 0. The van der Waals surface area contributed by atoms with Crippen molar-refractivity contribution in [1.82, 2.24) is 14.9 Å². The highest BCUT2D eigenvalue weighted by Gasteiger charge is 2.52. The molecule has 0 spiro atoms. The maximum absolute atomic E-state index is 13.9. The van der Waals surface area contributed by atoms with E-state index in [2.05, 4.69) is 4.98 Å². The minimum absolute atomic E-state index is 0.265. The molecular weight excluding hydrogens is 516 g/mol. The number of nitrogens with zero attached hydrogens (tertiary/aromatic N) is 3. The Morgan fingerprint density at radius 3 is 2.34 bits per heavy atom. The number of hydrogen-bond acceptors (Lipinski definition) is 8. The number of amides is 1. The first-order chi connectivity index (χ1) is 18.6. The number of rotatable bonds is 7. The molecule has 1 unspecified atom stereocenters. The van der Waals surface area contributed by atoms with E-state index >= 15 is 0 Å². The number of β-lactam (4-membered cyclic amide) rings is 1. The molecule has 7 nitrogen and oxygen atoms in total. The number of hydrogen-bond donors (Lipinski definition) is 1. The molecule has 2 aliphatic heterocycles. The Bertz CT molecular complexity index is 1450. The second kappa shape index (κ2) is 10.5. The molecule has 0 radical (unpaired) electrons. The Balaban J connectivity index is 1.34. The molecule has 9 heteroatoms. The van der Waals surface area contributed by atoms with E-state index in [0.29, 0.717) is 12.2 Å². The highest BCUT2D eigenvalue weighted by Crippen LogP contribution is 2.42. The topological polar surface area (TPSA) is 98.4 Å². The Hall–Kier alpha value is -3.79. The van der Waals surface area contributed by atoms with Crippen molar-refractivity contribution in [1.29, 1.82) is 0 Å². The lowest BCUT2D eigenvalue weighted by Crippen LogP contribution is -2.68. The number of carbonyl (C=O) groups excluding carboxylic acids is 2. The first-order valence-electron chi connectivity index (χ1n) is 12.2. The Morgan fingerprint density at radius 2 is 1.68 bits per heavy atom. The van der Waals surface area contributed by atoms with Crippen LogP contribution in [-0.2, 0) is 20.7 Å². The van der Waals surface area contributed by atoms with Gasteiger partial charge in [0.1, 0.15) is 22.1 Å². The van der Waals surface area contributed by atoms with Gasteiger partial charge < -0.3 is 10.5 Å². The van der Waals surface area contributed by atoms with Crippen molar-refractivity contribution >= 4 is 35.0 Å². The standard InChI is InChI=1S/C29H24N4O3S2/c30-23-27(34)33-24(29(35)36-25(18-7-3-1-4-8-18)19-9-5-2-6-10-19)21(16-38-28(23)33)15-22-17-37-26(32-22)20-11-13-31-14-12-20/h1-14,17,23,25,28H,15-16,30H2/t23?,28-/m1/s1. The number of thioether (sulfide) groups is 1. The van der Waals surface area contributed by atoms with Gasteiger partial charge in [-0.3, -0.25) is 14.7 Å². The number of carbonyl (C=O) groups is 2. The molecule has 4 heterocycles. The SMILES string of the molecule is NC1C(=O)N2C(C(=O)OC(c3ccccc3)c3ccccc3)=C(Cc3csc(-c4ccncc4)n3)CS[C@H]12. The Kier molecular flexibility index (Phi) is 6.80. The second-order valence-electron chi connectivity index (χ2n) is 9.05. The molecule has 1 saturated heterocycles. The molecule has 6 rings (SSSR count). The summed E-state index contributed by atoms with van der Waals surface area (Å²) in [6.07, 6.45) is 3.29. The van der Waals surface area contributed by atoms with Gasteiger partial charge in [0.2, 0.25) is 5.91 Å². The van der Waals surface area contributed by atoms with E-state index in [1.165, 1.54) is 16.2 Å². The summed E-state index contributed by atoms with van der Waals surface area (Å²) in [5.74, 6) is -0.234. The molecule has 0 saturated carbocycles. The van der Waals surface area contributed by atoms with Gasteiger partial charge in [0.25, 0.3) is 0 Å². The summed E-state index contributed by atoms with van der Waals surface area (Å²) in [6.45, 7) is 0. The van der Waals surface area contributed by atoms with Gasteiger partial charge in [0.05, 0.1) is 5.69 Å². The molecule has 38 heavy (non-hydrogen) atoms. The summed E-state index contributed by atoms with van der Waals surface area (Å²) < 4.78 is 6.18. The van der Waals surface area contributed by atoms with Crippen LogP contribution >= 0.6 is 23.1 Å². The van der Waals surface area contributed by atoms with Gasteiger partial charge in [-0.15, -0.1) is 23.1 Å². The van der Waals surface area contributed by atoms with Crippen LogP contribution in [0, 0.1) is 0 Å². The molecule has 4 aromatic rings. The Morgan fingerprint density at radius 1 is 1.03 bits per heavy atom. The molecule has 190 valence electrons. The van der Waals surface area contributed by atoms with E-state index in [9.17, 15) is 9.59 Å². The van der Waals surface area contributed by atoms with Crippen LogP contribution in [0.25, 0.3) is 10.6 Å². The minimum Gasteiger partial charge on any atom is -0.448 e. The van der Waals surface area contributed by atoms with E-state index in [-0.39, 0.29) is 17.0 Å². The van der Waals surface area contributed by atoms with Crippen molar-refractivity contribution in [3.63, 3.8) is 0 Å². The second-order valence-corrected chi connectivity index (χ2v) is 11.0. The third-order valence-corrected chi connectivity index (χ3v) is 8.89. The van der Waals surface area contributed by atoms with Crippen molar-refractivity contribution < 1.29 is 14.3 Å². The van der Waals surface area contributed by atoms with Crippen molar-refractivity contribution in [2.75, 3.05) is 5.75 Å². The number of aromatic nitrogens is 2. The summed E-state index contributed by atoms with van der Waals surface area (Å²) in [4.78, 5) is 37.1. The number of fused-ring (bicyclic) bond motifs is 1. The van der Waals surface area contributed by atoms with Gasteiger partial charge in [-0.05, 0) is 28.8 Å². The maximum Gasteiger partial charge on any atom is 0.356 e. The van der Waals surface area contributed by atoms with Gasteiger partial charge in [0, 0.05) is 35.5 Å². The van der Waals surface area contributed by atoms with Crippen LogP contribution < -0.4 is 5.73 Å². The quantitative estimate of drug-likeness (QED) is 0.271. The number of ether oxygens (including phenoxy) is 1. The van der Waals surface area contributed by atoms with E-state index in [0.717, 1.165) is 33.0 Å². The summed E-state index contributed by atoms with van der Waals surface area (Å²) in [6, 6.07) is 22.4. The number of pyridine rings is 1. The number of thiazole rings is 1. The summed E-state index contributed by atoms with van der Waals surface area (Å²) in [5, 5.41) is 2.59. The predicted molar refractivity (Wildman–Crippen MR) is 148 cm³/mol. The van der Waals surface area contributed by atoms with E-state index in [4.69, 9.17) is 15.5 Å². The molecule has 1 fully saturated rings. The van der Waals surface area contributed by atoms with Crippen LogP contribution in [0.4, 0.5) is 0 Å². The molecule has 1 amide bonds. The normalized spacial score (nSPS) is 18.8. The van der Waals surface area contributed by atoms with E-state index in [1.807, 2.05) is 78.2 Å². The molecule has 2 atom stereocenters. The molecule has 2 aromatic carbocycles. The van der Waals surface area contributed by atoms with Gasteiger partial charge in [0.15, 0.2) is 6.10 Å². The van der Waals surface area contributed by atoms with Crippen LogP contribution in [0.15, 0.2) is 102 Å². The van der Waals surface area contributed by atoms with Crippen molar-refractivity contribution in [3.8, 4) is 10.6 Å². The van der Waals surface area contributed by atoms with Crippen molar-refractivity contribution in [2.24, 2.45) is 5.73 Å². The predicted octanol–water partition coefficient (Wildman–Crippen LogP) is 4.58. The van der Waals surface area contributed by atoms with Crippen LogP contribution in [0.5, 0.6) is 0 Å². The zero-order valence-corrected chi connectivity index (χ0v) is 21.9. The van der Waals surface area contributed by atoms with E-state index in [1.54, 1.807) is 24.2 Å². The summed E-state index contributed by atoms with van der Waals surface area (Å²) in [5.41, 5.74) is 10.7. The summed E-state index contributed by atoms with van der Waals surface area (Å²) >= 11 is 3.11. The molecule has 2 aromatic heterocycles. The lowest BCUT2D eigenvalue weighted by atomic mass is 10.00. The average Bonchev–Trinajstić information content (AvgIpc) is 3.45. The van der Waals surface area contributed by atoms with Crippen LogP contribution in [0.1, 0.15) is 22.9 Å². The zero-order valence-electron chi connectivity index (χ0n) is 20.3. The van der Waals surface area contributed by atoms with Crippen LogP contribution in [0.2, 0.25) is 0 Å². The lowest BCUT2D eigenvalue weighted by Gasteiger charge is -2.48. The molecule has 2 N–H and O–H groups in total. The first kappa shape index (κ1) is 24.5. The number of nitrogens with two attached hydrogens (primary N) is 1. The zero-order chi connectivity index (χ0) is 26.1. The molecular formula is C29H24N4O3S2. The number of benzene rings is 2. The maximum atomic E-state index is 13.9. The van der Waals surface area contributed by atoms with E-state index < -0.39 is 18.1 Å². The van der Waals surface area contributed by atoms with Gasteiger partial charge in [-0.1, -0.05) is 60.7 Å². The first-order valence-corrected chi connectivity index (χ1v) is 14.1. The Labute approximate surface area is 228 Å². The monoisotopic (exact) mass is 540 g/mol. The van der Waals surface area contributed by atoms with Gasteiger partial charge >= 0.3 is 5.97 Å². The molecule has 2 aliphatic rings. The van der Waals surface area contributed by atoms with Crippen molar-refractivity contribution in [3.05, 3.63) is 119 Å². The molecule has 0 aliphatic carbocycles.